The lowest BCUT2D eigenvalue weighted by Crippen LogP contribution is -2.19. The molecular weight excluding hydrogens is 334 g/mol. The Morgan fingerprint density at radius 2 is 2.17 bits per heavy atom. The van der Waals surface area contributed by atoms with Gasteiger partial charge in [0.25, 0.3) is 11.1 Å². The second-order valence-electron chi connectivity index (χ2n) is 4.58. The second-order valence-corrected chi connectivity index (χ2v) is 5.95. The van der Waals surface area contributed by atoms with E-state index in [0.717, 1.165) is 11.1 Å². The maximum Gasteiger partial charge on any atom is 0.257 e. The highest BCUT2D eigenvalue weighted by atomic mass is 35.5. The zero-order chi connectivity index (χ0) is 16.1. The summed E-state index contributed by atoms with van der Waals surface area (Å²) in [7, 11) is 0. The van der Waals surface area contributed by atoms with Crippen molar-refractivity contribution in [3.8, 4) is 0 Å². The highest BCUT2D eigenvalue weighted by molar-refractivity contribution is 7.99. The van der Waals surface area contributed by atoms with Gasteiger partial charge in [-0.25, -0.2) is 10.4 Å². The van der Waals surface area contributed by atoms with Crippen LogP contribution in [0.5, 0.6) is 0 Å². The fourth-order valence-electron chi connectivity index (χ4n) is 1.84. The number of amides is 1. The van der Waals surface area contributed by atoms with Gasteiger partial charge in [0, 0.05) is 5.02 Å². The average Bonchev–Trinajstić information content (AvgIpc) is 2.96. The van der Waals surface area contributed by atoms with Gasteiger partial charge in [0.15, 0.2) is 5.58 Å². The summed E-state index contributed by atoms with van der Waals surface area (Å²) in [5.74, 6) is -0.0739. The van der Waals surface area contributed by atoms with Crippen LogP contribution in [0, 0.1) is 0 Å². The third-order valence-corrected chi connectivity index (χ3v) is 3.92. The summed E-state index contributed by atoms with van der Waals surface area (Å²) in [5, 5.41) is 4.97. The summed E-state index contributed by atoms with van der Waals surface area (Å²) >= 11 is 7.09. The summed E-state index contributed by atoms with van der Waals surface area (Å²) in [5.41, 5.74) is 4.74. The van der Waals surface area contributed by atoms with Gasteiger partial charge in [-0.1, -0.05) is 47.6 Å². The first kappa shape index (κ1) is 15.6. The van der Waals surface area contributed by atoms with Gasteiger partial charge < -0.3 is 4.42 Å². The summed E-state index contributed by atoms with van der Waals surface area (Å²) < 4.78 is 5.52. The fourth-order valence-corrected chi connectivity index (χ4v) is 2.67. The van der Waals surface area contributed by atoms with Gasteiger partial charge in [0.05, 0.1) is 12.0 Å². The molecule has 0 aliphatic carbocycles. The topological polar surface area (TPSA) is 67.5 Å². The molecule has 0 fully saturated rings. The van der Waals surface area contributed by atoms with Crippen LogP contribution in [0.3, 0.4) is 0 Å². The molecule has 7 heteroatoms. The molecule has 1 N–H and O–H groups in total. The monoisotopic (exact) mass is 345 g/mol. The SMILES string of the molecule is O=C(CSc1nc2ccccc2o1)N/N=C\c1cccc(Cl)c1. The van der Waals surface area contributed by atoms with Gasteiger partial charge in [0.2, 0.25) is 0 Å². The predicted octanol–water partition coefficient (Wildman–Crippen LogP) is 3.72. The minimum absolute atomic E-state index is 0.166. The summed E-state index contributed by atoms with van der Waals surface area (Å²) in [4.78, 5) is 16.0. The molecule has 0 unspecified atom stereocenters. The second kappa shape index (κ2) is 7.30. The first-order valence-corrected chi connectivity index (χ1v) is 8.13. The molecule has 0 bridgehead atoms. The Morgan fingerprint density at radius 3 is 3.00 bits per heavy atom. The number of benzene rings is 2. The number of rotatable bonds is 5. The predicted molar refractivity (Wildman–Crippen MR) is 91.9 cm³/mol. The molecule has 5 nitrogen and oxygen atoms in total. The van der Waals surface area contributed by atoms with Crippen LogP contribution in [0.1, 0.15) is 5.56 Å². The summed E-state index contributed by atoms with van der Waals surface area (Å²) in [6, 6.07) is 14.6. The number of hydrazone groups is 1. The van der Waals surface area contributed by atoms with E-state index in [9.17, 15) is 4.79 Å². The quantitative estimate of drug-likeness (QED) is 0.434. The molecule has 3 rings (SSSR count). The van der Waals surface area contributed by atoms with E-state index in [1.165, 1.54) is 18.0 Å². The molecule has 0 saturated heterocycles. The molecule has 1 heterocycles. The Kier molecular flexibility index (Phi) is 4.95. The van der Waals surface area contributed by atoms with Crippen molar-refractivity contribution in [3.05, 3.63) is 59.1 Å². The number of nitrogens with one attached hydrogen (secondary N) is 1. The largest absolute Gasteiger partial charge is 0.431 e. The molecule has 23 heavy (non-hydrogen) atoms. The van der Waals surface area contributed by atoms with Crippen molar-refractivity contribution in [2.24, 2.45) is 5.10 Å². The van der Waals surface area contributed by atoms with E-state index < -0.39 is 0 Å². The van der Waals surface area contributed by atoms with E-state index in [0.29, 0.717) is 15.8 Å². The molecule has 0 saturated carbocycles. The van der Waals surface area contributed by atoms with Crippen molar-refractivity contribution >= 4 is 46.6 Å². The van der Waals surface area contributed by atoms with Crippen LogP contribution in [0.4, 0.5) is 0 Å². The Hall–Kier alpha value is -2.31. The number of halogens is 1. The molecule has 116 valence electrons. The van der Waals surface area contributed by atoms with Gasteiger partial charge in [-0.15, -0.1) is 0 Å². The fraction of sp³-hybridized carbons (Fsp3) is 0.0625. The van der Waals surface area contributed by atoms with E-state index in [1.807, 2.05) is 36.4 Å². The van der Waals surface area contributed by atoms with Gasteiger partial charge >= 0.3 is 0 Å². The first-order chi connectivity index (χ1) is 11.2. The minimum Gasteiger partial charge on any atom is -0.431 e. The van der Waals surface area contributed by atoms with Crippen LogP contribution in [-0.4, -0.2) is 22.9 Å². The maximum absolute atomic E-state index is 11.7. The number of hydrogen-bond donors (Lipinski definition) is 1. The number of fused-ring (bicyclic) bond motifs is 1. The number of hydrogen-bond acceptors (Lipinski definition) is 5. The van der Waals surface area contributed by atoms with Crippen LogP contribution in [0.15, 0.2) is 63.3 Å². The van der Waals surface area contributed by atoms with Crippen molar-refractivity contribution in [2.45, 2.75) is 5.22 Å². The van der Waals surface area contributed by atoms with Crippen molar-refractivity contribution in [1.29, 1.82) is 0 Å². The van der Waals surface area contributed by atoms with E-state index in [1.54, 1.807) is 12.1 Å². The molecular formula is C16H12ClN3O2S. The molecule has 0 atom stereocenters. The van der Waals surface area contributed by atoms with Crippen molar-refractivity contribution < 1.29 is 9.21 Å². The van der Waals surface area contributed by atoms with E-state index in [2.05, 4.69) is 15.5 Å². The van der Waals surface area contributed by atoms with E-state index in [4.69, 9.17) is 16.0 Å². The number of carbonyl (C=O) groups excluding carboxylic acids is 1. The van der Waals surface area contributed by atoms with Crippen LogP contribution in [0.2, 0.25) is 5.02 Å². The third-order valence-electron chi connectivity index (χ3n) is 2.85. The molecule has 0 aliphatic rings. The zero-order valence-electron chi connectivity index (χ0n) is 11.9. The van der Waals surface area contributed by atoms with Crippen LogP contribution < -0.4 is 5.43 Å². The highest BCUT2D eigenvalue weighted by Gasteiger charge is 2.08. The average molecular weight is 346 g/mol. The molecule has 1 amide bonds. The lowest BCUT2D eigenvalue weighted by molar-refractivity contribution is -0.118. The summed E-state index contributed by atoms with van der Waals surface area (Å²) in [6.07, 6.45) is 1.54. The number of oxazole rings is 1. The lowest BCUT2D eigenvalue weighted by atomic mass is 10.2. The highest BCUT2D eigenvalue weighted by Crippen LogP contribution is 2.22. The van der Waals surface area contributed by atoms with Crippen LogP contribution >= 0.6 is 23.4 Å². The third kappa shape index (κ3) is 4.34. The normalized spacial score (nSPS) is 11.2. The first-order valence-electron chi connectivity index (χ1n) is 6.76. The molecule has 0 aliphatic heterocycles. The Morgan fingerprint density at radius 1 is 1.30 bits per heavy atom. The number of nitrogens with zero attached hydrogens (tertiary/aromatic N) is 2. The number of para-hydroxylation sites is 2. The molecule has 3 aromatic rings. The maximum atomic E-state index is 11.7. The lowest BCUT2D eigenvalue weighted by Gasteiger charge is -1.97. The summed E-state index contributed by atoms with van der Waals surface area (Å²) in [6.45, 7) is 0. The molecule has 0 spiro atoms. The van der Waals surface area contributed by atoms with Crippen molar-refractivity contribution in [2.75, 3.05) is 5.75 Å². The van der Waals surface area contributed by atoms with E-state index in [-0.39, 0.29) is 11.7 Å². The smallest absolute Gasteiger partial charge is 0.257 e. The Labute approximate surface area is 141 Å². The van der Waals surface area contributed by atoms with E-state index >= 15 is 0 Å². The van der Waals surface area contributed by atoms with Gasteiger partial charge in [-0.3, -0.25) is 4.79 Å². The van der Waals surface area contributed by atoms with Gasteiger partial charge in [0.1, 0.15) is 5.52 Å². The zero-order valence-corrected chi connectivity index (χ0v) is 13.5. The minimum atomic E-state index is -0.240. The standard InChI is InChI=1S/C16H12ClN3O2S/c17-12-5-3-4-11(8-12)9-18-20-15(21)10-23-16-19-13-6-1-2-7-14(13)22-16/h1-9H,10H2,(H,20,21)/b18-9-. The van der Waals surface area contributed by atoms with Gasteiger partial charge in [-0.05, 0) is 29.8 Å². The van der Waals surface area contributed by atoms with Gasteiger partial charge in [-0.2, -0.15) is 5.10 Å². The number of aromatic nitrogens is 1. The molecule has 2 aromatic carbocycles. The molecule has 1 aromatic heterocycles. The van der Waals surface area contributed by atoms with Crippen molar-refractivity contribution in [1.82, 2.24) is 10.4 Å². The molecule has 0 radical (unpaired) electrons. The number of carbonyl (C=O) groups is 1. The van der Waals surface area contributed by atoms with Crippen LogP contribution in [-0.2, 0) is 4.79 Å². The Balaban J connectivity index is 1.51. The Bertz CT molecular complexity index is 830. The van der Waals surface area contributed by atoms with Crippen molar-refractivity contribution in [3.63, 3.8) is 0 Å². The van der Waals surface area contributed by atoms with Crippen LogP contribution in [0.25, 0.3) is 11.1 Å². The number of thioether (sulfide) groups is 1.